The van der Waals surface area contributed by atoms with Crippen molar-refractivity contribution in [3.63, 3.8) is 0 Å². The molecule has 0 atom stereocenters. The Morgan fingerprint density at radius 2 is 1.90 bits per heavy atom. The first-order valence-corrected chi connectivity index (χ1v) is 10.2. The van der Waals surface area contributed by atoms with Crippen molar-refractivity contribution in [1.29, 1.82) is 0 Å². The van der Waals surface area contributed by atoms with Gasteiger partial charge in [0.25, 0.3) is 0 Å². The third-order valence-electron chi connectivity index (χ3n) is 5.29. The lowest BCUT2D eigenvalue weighted by Crippen LogP contribution is -2.16. The first kappa shape index (κ1) is 19.8. The smallest absolute Gasteiger partial charge is 0.225 e. The van der Waals surface area contributed by atoms with Gasteiger partial charge in [-0.2, -0.15) is 5.10 Å². The molecule has 4 aromatic rings. The second kappa shape index (κ2) is 8.86. The van der Waals surface area contributed by atoms with Gasteiger partial charge in [0.05, 0.1) is 12.7 Å². The fourth-order valence-corrected chi connectivity index (χ4v) is 3.62. The largest absolute Gasteiger partial charge is 0.378 e. The Morgan fingerprint density at radius 1 is 1.10 bits per heavy atom. The van der Waals surface area contributed by atoms with Crippen LogP contribution in [0.3, 0.4) is 0 Å². The maximum atomic E-state index is 12.5. The number of nitrogens with one attached hydrogen (secondary N) is 2. The molecule has 6 nitrogen and oxygen atoms in total. The van der Waals surface area contributed by atoms with E-state index in [4.69, 9.17) is 0 Å². The number of rotatable bonds is 8. The lowest BCUT2D eigenvalue weighted by atomic mass is 10.1. The van der Waals surface area contributed by atoms with Gasteiger partial charge in [-0.05, 0) is 42.2 Å². The van der Waals surface area contributed by atoms with E-state index in [1.54, 1.807) is 6.20 Å². The highest BCUT2D eigenvalue weighted by molar-refractivity contribution is 5.90. The Hall–Kier alpha value is -3.54. The number of carbonyl (C=O) groups is 1. The number of fused-ring (bicyclic) bond motifs is 1. The minimum Gasteiger partial charge on any atom is -0.378 e. The van der Waals surface area contributed by atoms with Crippen LogP contribution in [0.4, 0.5) is 11.5 Å². The van der Waals surface area contributed by atoms with Crippen molar-refractivity contribution >= 4 is 28.3 Å². The molecule has 0 unspecified atom stereocenters. The normalized spacial score (nSPS) is 11.0. The lowest BCUT2D eigenvalue weighted by Gasteiger charge is -2.13. The molecule has 0 aliphatic rings. The zero-order valence-electron chi connectivity index (χ0n) is 17.4. The van der Waals surface area contributed by atoms with Crippen LogP contribution in [0.25, 0.3) is 10.9 Å². The van der Waals surface area contributed by atoms with Crippen molar-refractivity contribution < 1.29 is 4.79 Å². The summed E-state index contributed by atoms with van der Waals surface area (Å²) >= 11 is 0. The quantitative estimate of drug-likeness (QED) is 0.459. The van der Waals surface area contributed by atoms with Gasteiger partial charge in [0, 0.05) is 49.4 Å². The van der Waals surface area contributed by atoms with Crippen LogP contribution in [0.2, 0.25) is 0 Å². The summed E-state index contributed by atoms with van der Waals surface area (Å²) < 4.78 is 1.82. The number of aryl methyl sites for hydroxylation is 1. The van der Waals surface area contributed by atoms with Gasteiger partial charge in [-0.1, -0.05) is 30.3 Å². The van der Waals surface area contributed by atoms with Crippen molar-refractivity contribution in [3.8, 4) is 0 Å². The van der Waals surface area contributed by atoms with Gasteiger partial charge in [0.1, 0.15) is 5.82 Å². The molecule has 0 fully saturated rings. The highest BCUT2D eigenvalue weighted by Gasteiger charge is 2.09. The van der Waals surface area contributed by atoms with E-state index in [2.05, 4.69) is 56.7 Å². The second-order valence-electron chi connectivity index (χ2n) is 7.70. The number of aromatic amines is 1. The second-order valence-corrected chi connectivity index (χ2v) is 7.70. The number of benzene rings is 2. The molecule has 2 aromatic heterocycles. The van der Waals surface area contributed by atoms with E-state index in [0.717, 1.165) is 35.4 Å². The van der Waals surface area contributed by atoms with Gasteiger partial charge in [0.15, 0.2) is 0 Å². The first-order chi connectivity index (χ1) is 14.6. The van der Waals surface area contributed by atoms with E-state index >= 15 is 0 Å². The minimum atomic E-state index is 0.0135. The topological polar surface area (TPSA) is 66.0 Å². The fourth-order valence-electron chi connectivity index (χ4n) is 3.62. The molecule has 2 heterocycles. The molecule has 0 aliphatic carbocycles. The molecule has 0 radical (unpaired) electrons. The number of H-pyrrole nitrogens is 1. The summed E-state index contributed by atoms with van der Waals surface area (Å²) in [5.41, 5.74) is 4.69. The Labute approximate surface area is 176 Å². The summed E-state index contributed by atoms with van der Waals surface area (Å²) in [6.07, 6.45) is 5.90. The van der Waals surface area contributed by atoms with E-state index in [0.29, 0.717) is 13.0 Å². The SMILES string of the molecule is CN(C)c1ccc(Cn2nccc2NC(=O)CCCc2c[nH]c3ccccc23)cc1. The third kappa shape index (κ3) is 4.54. The van der Waals surface area contributed by atoms with Crippen LogP contribution in [-0.2, 0) is 17.8 Å². The van der Waals surface area contributed by atoms with Crippen molar-refractivity contribution in [2.45, 2.75) is 25.8 Å². The summed E-state index contributed by atoms with van der Waals surface area (Å²) in [7, 11) is 4.04. The molecule has 6 heteroatoms. The molecule has 30 heavy (non-hydrogen) atoms. The molecule has 4 rings (SSSR count). The van der Waals surface area contributed by atoms with Crippen molar-refractivity contribution in [3.05, 3.63) is 78.1 Å². The van der Waals surface area contributed by atoms with E-state index < -0.39 is 0 Å². The fraction of sp³-hybridized carbons (Fsp3) is 0.250. The minimum absolute atomic E-state index is 0.0135. The van der Waals surface area contributed by atoms with Crippen molar-refractivity contribution in [2.24, 2.45) is 0 Å². The van der Waals surface area contributed by atoms with Crippen LogP contribution < -0.4 is 10.2 Å². The Kier molecular flexibility index (Phi) is 5.84. The van der Waals surface area contributed by atoms with Gasteiger partial charge in [-0.15, -0.1) is 0 Å². The van der Waals surface area contributed by atoms with Crippen LogP contribution in [0.1, 0.15) is 24.0 Å². The van der Waals surface area contributed by atoms with Crippen LogP contribution in [0.5, 0.6) is 0 Å². The molecular formula is C24H27N5O. The van der Waals surface area contributed by atoms with Gasteiger partial charge in [0.2, 0.25) is 5.91 Å². The molecule has 2 aromatic carbocycles. The van der Waals surface area contributed by atoms with E-state index in [9.17, 15) is 4.79 Å². The maximum absolute atomic E-state index is 12.5. The monoisotopic (exact) mass is 401 g/mol. The van der Waals surface area contributed by atoms with Crippen LogP contribution in [0.15, 0.2) is 67.0 Å². The molecule has 2 N–H and O–H groups in total. The molecular weight excluding hydrogens is 374 g/mol. The van der Waals surface area contributed by atoms with Gasteiger partial charge >= 0.3 is 0 Å². The summed E-state index contributed by atoms with van der Waals surface area (Å²) in [5.74, 6) is 0.739. The van der Waals surface area contributed by atoms with Gasteiger partial charge in [-0.3, -0.25) is 4.79 Å². The lowest BCUT2D eigenvalue weighted by molar-refractivity contribution is -0.116. The van der Waals surface area contributed by atoms with E-state index in [1.807, 2.05) is 43.2 Å². The molecule has 1 amide bonds. The molecule has 0 saturated heterocycles. The first-order valence-electron chi connectivity index (χ1n) is 10.2. The van der Waals surface area contributed by atoms with Gasteiger partial charge < -0.3 is 15.2 Å². The Bertz CT molecular complexity index is 1120. The summed E-state index contributed by atoms with van der Waals surface area (Å²) in [6.45, 7) is 0.617. The number of amides is 1. The van der Waals surface area contributed by atoms with Crippen LogP contribution in [0, 0.1) is 0 Å². The summed E-state index contributed by atoms with van der Waals surface area (Å²) in [6, 6.07) is 18.4. The maximum Gasteiger partial charge on any atom is 0.225 e. The van der Waals surface area contributed by atoms with Crippen LogP contribution in [-0.4, -0.2) is 34.8 Å². The summed E-state index contributed by atoms with van der Waals surface area (Å²) in [4.78, 5) is 17.8. The van der Waals surface area contributed by atoms with Gasteiger partial charge in [-0.25, -0.2) is 4.68 Å². The molecule has 0 saturated carbocycles. The Balaban J connectivity index is 1.31. The zero-order chi connectivity index (χ0) is 20.9. The number of nitrogens with zero attached hydrogens (tertiary/aromatic N) is 3. The molecule has 0 bridgehead atoms. The van der Waals surface area contributed by atoms with E-state index in [-0.39, 0.29) is 5.91 Å². The standard InChI is InChI=1S/C24H27N5O/c1-28(2)20-12-10-18(11-13-20)17-29-23(14-15-26-29)27-24(30)9-5-6-19-16-25-22-8-4-3-7-21(19)22/h3-4,7-8,10-16,25H,5-6,9,17H2,1-2H3,(H,27,30). The number of hydrogen-bond acceptors (Lipinski definition) is 3. The van der Waals surface area contributed by atoms with E-state index in [1.165, 1.54) is 10.9 Å². The molecule has 0 spiro atoms. The van der Waals surface area contributed by atoms with Crippen molar-refractivity contribution in [2.75, 3.05) is 24.3 Å². The van der Waals surface area contributed by atoms with Crippen molar-refractivity contribution in [1.82, 2.24) is 14.8 Å². The highest BCUT2D eigenvalue weighted by atomic mass is 16.1. The highest BCUT2D eigenvalue weighted by Crippen LogP contribution is 2.20. The average Bonchev–Trinajstić information content (AvgIpc) is 3.35. The average molecular weight is 402 g/mol. The number of hydrogen-bond donors (Lipinski definition) is 2. The summed E-state index contributed by atoms with van der Waals surface area (Å²) in [5, 5.41) is 8.60. The number of aromatic nitrogens is 3. The number of anilines is 2. The predicted octanol–water partition coefficient (Wildman–Crippen LogP) is 4.44. The zero-order valence-corrected chi connectivity index (χ0v) is 17.4. The predicted molar refractivity (Wildman–Crippen MR) is 122 cm³/mol. The van der Waals surface area contributed by atoms with Crippen LogP contribution >= 0.6 is 0 Å². The number of carbonyl (C=O) groups excluding carboxylic acids is 1. The molecule has 154 valence electrons. The third-order valence-corrected chi connectivity index (χ3v) is 5.29. The Morgan fingerprint density at radius 3 is 2.70 bits per heavy atom. The number of para-hydroxylation sites is 1. The molecule has 0 aliphatic heterocycles.